The number of nitrogens with zero attached hydrogens (tertiary/aromatic N) is 1. The fourth-order valence-electron chi connectivity index (χ4n) is 4.14. The predicted octanol–water partition coefficient (Wildman–Crippen LogP) is 3.17. The number of nitrogens with one attached hydrogen (secondary N) is 1. The molecule has 0 aromatic heterocycles. The van der Waals surface area contributed by atoms with E-state index in [1.807, 2.05) is 0 Å². The van der Waals surface area contributed by atoms with Gasteiger partial charge in [-0.1, -0.05) is 19.3 Å². The molecule has 1 aliphatic heterocycles. The van der Waals surface area contributed by atoms with Gasteiger partial charge in [-0.2, -0.15) is 0 Å². The SMILES string of the molecule is CC1(C)CCNCC(C)(C)N1C1CCCCC1. The van der Waals surface area contributed by atoms with E-state index < -0.39 is 0 Å². The molecule has 0 amide bonds. The van der Waals surface area contributed by atoms with Gasteiger partial charge in [0.2, 0.25) is 0 Å². The second-order valence-corrected chi connectivity index (χ2v) is 7.21. The highest BCUT2D eigenvalue weighted by atomic mass is 15.3. The van der Waals surface area contributed by atoms with Crippen LogP contribution in [0, 0.1) is 0 Å². The molecule has 2 heteroatoms. The largest absolute Gasteiger partial charge is 0.315 e. The molecule has 0 spiro atoms. The summed E-state index contributed by atoms with van der Waals surface area (Å²) >= 11 is 0. The standard InChI is InChI=1S/C15H30N2/c1-14(2)10-11-16-12-15(3,4)17(14)13-8-6-5-7-9-13/h13,16H,5-12H2,1-4H3. The molecule has 1 saturated heterocycles. The van der Waals surface area contributed by atoms with E-state index in [1.54, 1.807) is 0 Å². The Morgan fingerprint density at radius 2 is 1.59 bits per heavy atom. The van der Waals surface area contributed by atoms with Gasteiger partial charge in [0.05, 0.1) is 0 Å². The van der Waals surface area contributed by atoms with Crippen molar-refractivity contribution in [3.8, 4) is 0 Å². The summed E-state index contributed by atoms with van der Waals surface area (Å²) in [7, 11) is 0. The molecule has 100 valence electrons. The number of hydrogen-bond donors (Lipinski definition) is 1. The quantitative estimate of drug-likeness (QED) is 0.755. The van der Waals surface area contributed by atoms with E-state index in [1.165, 1.54) is 45.1 Å². The Morgan fingerprint density at radius 1 is 0.941 bits per heavy atom. The molecule has 17 heavy (non-hydrogen) atoms. The molecule has 0 aromatic carbocycles. The molecular weight excluding hydrogens is 208 g/mol. The molecular formula is C15H30N2. The van der Waals surface area contributed by atoms with Crippen molar-refractivity contribution in [3.63, 3.8) is 0 Å². The van der Waals surface area contributed by atoms with Crippen molar-refractivity contribution in [2.75, 3.05) is 13.1 Å². The van der Waals surface area contributed by atoms with Crippen molar-refractivity contribution < 1.29 is 0 Å². The first-order valence-corrected chi connectivity index (χ1v) is 7.44. The van der Waals surface area contributed by atoms with Gasteiger partial charge in [0.15, 0.2) is 0 Å². The van der Waals surface area contributed by atoms with Crippen LogP contribution in [-0.2, 0) is 0 Å². The summed E-state index contributed by atoms with van der Waals surface area (Å²) in [5.74, 6) is 0. The van der Waals surface area contributed by atoms with Crippen LogP contribution in [0.25, 0.3) is 0 Å². The van der Waals surface area contributed by atoms with Crippen LogP contribution in [0.3, 0.4) is 0 Å². The molecule has 1 saturated carbocycles. The summed E-state index contributed by atoms with van der Waals surface area (Å²) in [5, 5.41) is 3.62. The maximum Gasteiger partial charge on any atom is 0.0285 e. The molecule has 2 rings (SSSR count). The van der Waals surface area contributed by atoms with Gasteiger partial charge in [0, 0.05) is 23.7 Å². The lowest BCUT2D eigenvalue weighted by atomic mass is 9.84. The van der Waals surface area contributed by atoms with Crippen LogP contribution in [0.15, 0.2) is 0 Å². The molecule has 1 N–H and O–H groups in total. The average molecular weight is 238 g/mol. The Morgan fingerprint density at radius 3 is 2.24 bits per heavy atom. The van der Waals surface area contributed by atoms with Crippen LogP contribution in [0.5, 0.6) is 0 Å². The maximum absolute atomic E-state index is 3.62. The van der Waals surface area contributed by atoms with E-state index >= 15 is 0 Å². The molecule has 2 nitrogen and oxygen atoms in total. The van der Waals surface area contributed by atoms with E-state index in [4.69, 9.17) is 0 Å². The predicted molar refractivity (Wildman–Crippen MR) is 74.4 cm³/mol. The molecule has 2 aliphatic rings. The molecule has 1 aliphatic carbocycles. The fourth-order valence-corrected chi connectivity index (χ4v) is 4.14. The highest BCUT2D eigenvalue weighted by Crippen LogP contribution is 2.37. The minimum absolute atomic E-state index is 0.294. The zero-order chi connectivity index (χ0) is 12.5. The van der Waals surface area contributed by atoms with Crippen LogP contribution >= 0.6 is 0 Å². The van der Waals surface area contributed by atoms with Gasteiger partial charge in [0.1, 0.15) is 0 Å². The zero-order valence-corrected chi connectivity index (χ0v) is 12.2. The van der Waals surface area contributed by atoms with E-state index in [2.05, 4.69) is 37.9 Å². The molecule has 0 unspecified atom stereocenters. The van der Waals surface area contributed by atoms with Crippen molar-refractivity contribution in [1.82, 2.24) is 10.2 Å². The summed E-state index contributed by atoms with van der Waals surface area (Å²) in [6.07, 6.45) is 8.40. The van der Waals surface area contributed by atoms with E-state index in [-0.39, 0.29) is 0 Å². The van der Waals surface area contributed by atoms with Gasteiger partial charge in [0.25, 0.3) is 0 Å². The normalized spacial score (nSPS) is 31.1. The van der Waals surface area contributed by atoms with Crippen LogP contribution < -0.4 is 5.32 Å². The van der Waals surface area contributed by atoms with Gasteiger partial charge >= 0.3 is 0 Å². The van der Waals surface area contributed by atoms with Crippen molar-refractivity contribution in [2.45, 2.75) is 83.3 Å². The summed E-state index contributed by atoms with van der Waals surface area (Å²) in [5.41, 5.74) is 0.636. The van der Waals surface area contributed by atoms with Gasteiger partial charge < -0.3 is 5.32 Å². The van der Waals surface area contributed by atoms with Gasteiger partial charge in [-0.25, -0.2) is 0 Å². The lowest BCUT2D eigenvalue weighted by Gasteiger charge is -2.52. The van der Waals surface area contributed by atoms with E-state index in [0.29, 0.717) is 11.1 Å². The molecule has 2 fully saturated rings. The molecule has 0 radical (unpaired) electrons. The molecule has 0 atom stereocenters. The smallest absolute Gasteiger partial charge is 0.0285 e. The Kier molecular flexibility index (Phi) is 3.84. The molecule has 0 bridgehead atoms. The second kappa shape index (κ2) is 4.89. The lowest BCUT2D eigenvalue weighted by molar-refractivity contribution is -0.0273. The van der Waals surface area contributed by atoms with Gasteiger partial charge in [-0.05, 0) is 53.5 Å². The third-order valence-corrected chi connectivity index (χ3v) is 4.72. The highest BCUT2D eigenvalue weighted by Gasteiger charge is 2.43. The van der Waals surface area contributed by atoms with Crippen molar-refractivity contribution >= 4 is 0 Å². The molecule has 0 aromatic rings. The summed E-state index contributed by atoms with van der Waals surface area (Å²) in [6.45, 7) is 12.0. The second-order valence-electron chi connectivity index (χ2n) is 7.21. The first-order chi connectivity index (χ1) is 7.93. The summed E-state index contributed by atoms with van der Waals surface area (Å²) in [6, 6.07) is 0.814. The summed E-state index contributed by atoms with van der Waals surface area (Å²) in [4.78, 5) is 2.85. The average Bonchev–Trinajstić information content (AvgIpc) is 2.35. The Hall–Kier alpha value is -0.0800. The fraction of sp³-hybridized carbons (Fsp3) is 1.00. The Labute approximate surface area is 107 Å². The van der Waals surface area contributed by atoms with Crippen LogP contribution in [-0.4, -0.2) is 35.1 Å². The minimum atomic E-state index is 0.294. The van der Waals surface area contributed by atoms with Crippen molar-refractivity contribution in [2.24, 2.45) is 0 Å². The minimum Gasteiger partial charge on any atom is -0.315 e. The van der Waals surface area contributed by atoms with Crippen molar-refractivity contribution in [3.05, 3.63) is 0 Å². The Bertz CT molecular complexity index is 234. The third kappa shape index (κ3) is 2.85. The van der Waals surface area contributed by atoms with Crippen LogP contribution in [0.2, 0.25) is 0 Å². The van der Waals surface area contributed by atoms with E-state index in [9.17, 15) is 0 Å². The maximum atomic E-state index is 3.62. The van der Waals surface area contributed by atoms with Gasteiger partial charge in [-0.3, -0.25) is 4.90 Å². The zero-order valence-electron chi connectivity index (χ0n) is 12.2. The van der Waals surface area contributed by atoms with E-state index in [0.717, 1.165) is 12.6 Å². The highest BCUT2D eigenvalue weighted by molar-refractivity contribution is 5.00. The topological polar surface area (TPSA) is 15.3 Å². The first kappa shape index (κ1) is 13.4. The molecule has 1 heterocycles. The third-order valence-electron chi connectivity index (χ3n) is 4.72. The van der Waals surface area contributed by atoms with Crippen LogP contribution in [0.4, 0.5) is 0 Å². The number of rotatable bonds is 1. The van der Waals surface area contributed by atoms with Gasteiger partial charge in [-0.15, -0.1) is 0 Å². The lowest BCUT2D eigenvalue weighted by Crippen LogP contribution is -2.61. The number of hydrogen-bond acceptors (Lipinski definition) is 2. The van der Waals surface area contributed by atoms with Crippen LogP contribution in [0.1, 0.15) is 66.2 Å². The first-order valence-electron chi connectivity index (χ1n) is 7.44. The van der Waals surface area contributed by atoms with Crippen molar-refractivity contribution in [1.29, 1.82) is 0 Å². The summed E-state index contributed by atoms with van der Waals surface area (Å²) < 4.78 is 0. The Balaban J connectivity index is 2.22. The monoisotopic (exact) mass is 238 g/mol.